The Morgan fingerprint density at radius 1 is 1.00 bits per heavy atom. The molecule has 3 rings (SSSR count). The van der Waals surface area contributed by atoms with E-state index in [1.807, 2.05) is 18.2 Å². The summed E-state index contributed by atoms with van der Waals surface area (Å²) in [6, 6.07) is 16.4. The maximum Gasteiger partial charge on any atom is 0.142 e. The highest BCUT2D eigenvalue weighted by molar-refractivity contribution is 5.56. The van der Waals surface area contributed by atoms with Crippen LogP contribution in [0.4, 0.5) is 5.69 Å². The summed E-state index contributed by atoms with van der Waals surface area (Å²) in [6.45, 7) is 5.24. The summed E-state index contributed by atoms with van der Waals surface area (Å²) in [5, 5.41) is 3.48. The summed E-state index contributed by atoms with van der Waals surface area (Å²) in [4.78, 5) is 0. The topological polar surface area (TPSA) is 39.7 Å². The molecule has 4 nitrogen and oxygen atoms in total. The first-order valence-corrected chi connectivity index (χ1v) is 10.6. The van der Waals surface area contributed by atoms with Crippen molar-refractivity contribution in [1.82, 2.24) is 0 Å². The highest BCUT2D eigenvalue weighted by Gasteiger charge is 2.16. The summed E-state index contributed by atoms with van der Waals surface area (Å²) in [5.74, 6) is 1.82. The smallest absolute Gasteiger partial charge is 0.142 e. The Bertz CT molecular complexity index is 681. The Hall–Kier alpha value is -2.20. The first-order chi connectivity index (χ1) is 13.8. The minimum Gasteiger partial charge on any atom is -0.494 e. The minimum atomic E-state index is 0.225. The van der Waals surface area contributed by atoms with Gasteiger partial charge in [-0.2, -0.15) is 0 Å². The molecular formula is C24H33NO3. The monoisotopic (exact) mass is 383 g/mol. The van der Waals surface area contributed by atoms with Gasteiger partial charge in [-0.1, -0.05) is 50.5 Å². The highest BCUT2D eigenvalue weighted by atomic mass is 16.5. The van der Waals surface area contributed by atoms with Crippen LogP contribution < -0.4 is 14.8 Å². The Kier molecular flexibility index (Phi) is 8.51. The van der Waals surface area contributed by atoms with Gasteiger partial charge in [0, 0.05) is 13.2 Å². The fraction of sp³-hybridized carbons (Fsp3) is 0.500. The number of para-hydroxylation sites is 2. The molecule has 0 saturated carbocycles. The molecule has 0 radical (unpaired) electrons. The van der Waals surface area contributed by atoms with Gasteiger partial charge >= 0.3 is 0 Å². The number of anilines is 1. The molecule has 1 atom stereocenters. The van der Waals surface area contributed by atoms with Gasteiger partial charge in [0.25, 0.3) is 0 Å². The molecule has 4 heteroatoms. The van der Waals surface area contributed by atoms with Crippen LogP contribution in [-0.4, -0.2) is 25.9 Å². The lowest BCUT2D eigenvalue weighted by atomic mass is 10.2. The SMILES string of the molecule is CCCCCCOc1ccc(CNc2ccccc2OCC2CCCO2)cc1. The van der Waals surface area contributed by atoms with Gasteiger partial charge in [-0.3, -0.25) is 0 Å². The van der Waals surface area contributed by atoms with E-state index < -0.39 is 0 Å². The van der Waals surface area contributed by atoms with E-state index in [0.717, 1.165) is 56.2 Å². The van der Waals surface area contributed by atoms with Crippen molar-refractivity contribution in [3.8, 4) is 11.5 Å². The van der Waals surface area contributed by atoms with E-state index in [1.54, 1.807) is 0 Å². The minimum absolute atomic E-state index is 0.225. The largest absolute Gasteiger partial charge is 0.494 e. The van der Waals surface area contributed by atoms with E-state index in [9.17, 15) is 0 Å². The van der Waals surface area contributed by atoms with Gasteiger partial charge in [0.05, 0.1) is 18.4 Å². The molecule has 1 aliphatic rings. The van der Waals surface area contributed by atoms with Crippen LogP contribution in [0.3, 0.4) is 0 Å². The zero-order valence-corrected chi connectivity index (χ0v) is 17.0. The summed E-state index contributed by atoms with van der Waals surface area (Å²) in [5.41, 5.74) is 2.23. The Labute approximate surface area is 169 Å². The van der Waals surface area contributed by atoms with E-state index in [0.29, 0.717) is 6.61 Å². The maximum absolute atomic E-state index is 5.99. The van der Waals surface area contributed by atoms with E-state index in [4.69, 9.17) is 14.2 Å². The van der Waals surface area contributed by atoms with E-state index in [-0.39, 0.29) is 6.10 Å². The van der Waals surface area contributed by atoms with Crippen LogP contribution in [0.5, 0.6) is 11.5 Å². The molecule has 1 aliphatic heterocycles. The zero-order chi connectivity index (χ0) is 19.4. The Balaban J connectivity index is 1.44. The van der Waals surface area contributed by atoms with Crippen LogP contribution in [0.25, 0.3) is 0 Å². The first-order valence-electron chi connectivity index (χ1n) is 10.6. The Morgan fingerprint density at radius 3 is 2.64 bits per heavy atom. The molecule has 0 amide bonds. The molecular weight excluding hydrogens is 350 g/mol. The van der Waals surface area contributed by atoms with Crippen molar-refractivity contribution in [2.24, 2.45) is 0 Å². The van der Waals surface area contributed by atoms with Crippen molar-refractivity contribution in [2.75, 3.05) is 25.1 Å². The van der Waals surface area contributed by atoms with Gasteiger partial charge in [0.2, 0.25) is 0 Å². The van der Waals surface area contributed by atoms with Crippen LogP contribution in [0, 0.1) is 0 Å². The predicted molar refractivity (Wildman–Crippen MR) is 114 cm³/mol. The number of rotatable bonds is 12. The molecule has 0 aromatic heterocycles. The molecule has 1 heterocycles. The van der Waals surface area contributed by atoms with Crippen molar-refractivity contribution in [3.63, 3.8) is 0 Å². The van der Waals surface area contributed by atoms with Crippen molar-refractivity contribution in [1.29, 1.82) is 0 Å². The molecule has 2 aromatic carbocycles. The lowest BCUT2D eigenvalue weighted by Crippen LogP contribution is -2.16. The fourth-order valence-electron chi connectivity index (χ4n) is 3.32. The first kappa shape index (κ1) is 20.5. The number of hydrogen-bond acceptors (Lipinski definition) is 4. The lowest BCUT2D eigenvalue weighted by Gasteiger charge is -2.16. The average Bonchev–Trinajstić information content (AvgIpc) is 3.26. The van der Waals surface area contributed by atoms with E-state index in [2.05, 4.69) is 42.6 Å². The second kappa shape index (κ2) is 11.6. The predicted octanol–water partition coefficient (Wildman–Crippen LogP) is 5.82. The number of unbranched alkanes of at least 4 members (excludes halogenated alkanes) is 3. The molecule has 28 heavy (non-hydrogen) atoms. The fourth-order valence-corrected chi connectivity index (χ4v) is 3.32. The van der Waals surface area contributed by atoms with Crippen LogP contribution in [0.15, 0.2) is 48.5 Å². The van der Waals surface area contributed by atoms with Gasteiger partial charge < -0.3 is 19.5 Å². The molecule has 1 N–H and O–H groups in total. The second-order valence-corrected chi connectivity index (χ2v) is 7.35. The Morgan fingerprint density at radius 2 is 1.86 bits per heavy atom. The maximum atomic E-state index is 5.99. The molecule has 1 fully saturated rings. The summed E-state index contributed by atoms with van der Waals surface area (Å²) < 4.78 is 17.5. The highest BCUT2D eigenvalue weighted by Crippen LogP contribution is 2.26. The summed E-state index contributed by atoms with van der Waals surface area (Å²) in [7, 11) is 0. The van der Waals surface area contributed by atoms with Gasteiger partial charge in [0.1, 0.15) is 18.1 Å². The number of ether oxygens (including phenoxy) is 3. The summed E-state index contributed by atoms with van der Waals surface area (Å²) >= 11 is 0. The quantitative estimate of drug-likeness (QED) is 0.469. The number of hydrogen-bond donors (Lipinski definition) is 1. The third-order valence-corrected chi connectivity index (χ3v) is 5.01. The van der Waals surface area contributed by atoms with Crippen LogP contribution in [0.2, 0.25) is 0 Å². The molecule has 2 aromatic rings. The van der Waals surface area contributed by atoms with Gasteiger partial charge in [-0.15, -0.1) is 0 Å². The molecule has 0 aliphatic carbocycles. The number of nitrogens with one attached hydrogen (secondary N) is 1. The molecule has 0 bridgehead atoms. The van der Waals surface area contributed by atoms with Crippen molar-refractivity contribution >= 4 is 5.69 Å². The van der Waals surface area contributed by atoms with E-state index >= 15 is 0 Å². The van der Waals surface area contributed by atoms with Crippen LogP contribution in [-0.2, 0) is 11.3 Å². The molecule has 0 spiro atoms. The molecule has 152 valence electrons. The van der Waals surface area contributed by atoms with E-state index in [1.165, 1.54) is 24.8 Å². The van der Waals surface area contributed by atoms with Crippen molar-refractivity contribution in [2.45, 2.75) is 58.1 Å². The van der Waals surface area contributed by atoms with Gasteiger partial charge in [-0.05, 0) is 49.1 Å². The summed E-state index contributed by atoms with van der Waals surface area (Å²) in [6.07, 6.45) is 7.35. The average molecular weight is 384 g/mol. The van der Waals surface area contributed by atoms with Gasteiger partial charge in [0.15, 0.2) is 0 Å². The van der Waals surface area contributed by atoms with Crippen molar-refractivity contribution in [3.05, 3.63) is 54.1 Å². The van der Waals surface area contributed by atoms with Gasteiger partial charge in [-0.25, -0.2) is 0 Å². The van der Waals surface area contributed by atoms with Crippen LogP contribution in [0.1, 0.15) is 51.0 Å². The van der Waals surface area contributed by atoms with Crippen molar-refractivity contribution < 1.29 is 14.2 Å². The number of benzene rings is 2. The third kappa shape index (κ3) is 6.75. The normalized spacial score (nSPS) is 16.1. The zero-order valence-electron chi connectivity index (χ0n) is 17.0. The third-order valence-electron chi connectivity index (χ3n) is 5.01. The second-order valence-electron chi connectivity index (χ2n) is 7.35. The van der Waals surface area contributed by atoms with Crippen LogP contribution >= 0.6 is 0 Å². The molecule has 1 unspecified atom stereocenters. The lowest BCUT2D eigenvalue weighted by molar-refractivity contribution is 0.0682. The molecule has 1 saturated heterocycles. The standard InChI is InChI=1S/C24H33NO3/c1-2-3-4-7-16-26-21-14-12-20(13-15-21)18-25-23-10-5-6-11-24(23)28-19-22-9-8-17-27-22/h5-6,10-15,22,25H,2-4,7-9,16-19H2,1H3.